The molecule has 1 atom stereocenters. The van der Waals surface area contributed by atoms with Gasteiger partial charge in [0.05, 0.1) is 19.0 Å². The predicted molar refractivity (Wildman–Crippen MR) is 109 cm³/mol. The lowest BCUT2D eigenvalue weighted by Crippen LogP contribution is -2.42. The number of esters is 1. The van der Waals surface area contributed by atoms with Crippen LogP contribution in [0.5, 0.6) is 0 Å². The van der Waals surface area contributed by atoms with Gasteiger partial charge >= 0.3 is 5.97 Å². The number of carbonyl (C=O) groups is 2. The number of thioether (sulfide) groups is 1. The Balaban J connectivity index is 1.97. The zero-order valence-corrected chi connectivity index (χ0v) is 16.9. The van der Waals surface area contributed by atoms with Gasteiger partial charge in [0, 0.05) is 12.4 Å². The van der Waals surface area contributed by atoms with Crippen LogP contribution in [0.15, 0.2) is 55.0 Å². The van der Waals surface area contributed by atoms with Crippen LogP contribution < -0.4 is 5.32 Å². The number of halogens is 1. The Morgan fingerprint density at radius 3 is 2.55 bits per heavy atom. The molecule has 9 heteroatoms. The minimum Gasteiger partial charge on any atom is -0.467 e. The lowest BCUT2D eigenvalue weighted by Gasteiger charge is -2.16. The van der Waals surface area contributed by atoms with Crippen LogP contribution >= 0.6 is 11.8 Å². The molecule has 0 unspecified atom stereocenters. The van der Waals surface area contributed by atoms with Gasteiger partial charge in [-0.1, -0.05) is 0 Å². The summed E-state index contributed by atoms with van der Waals surface area (Å²) < 4.78 is 21.4. The molecule has 0 aliphatic rings. The Morgan fingerprint density at radius 2 is 1.93 bits per heavy atom. The second-order valence-electron chi connectivity index (χ2n) is 6.19. The predicted octanol–water partition coefficient (Wildman–Crippen LogP) is 2.83. The van der Waals surface area contributed by atoms with Crippen LogP contribution in [0, 0.1) is 5.82 Å². The Morgan fingerprint density at radius 1 is 1.24 bits per heavy atom. The average molecular weight is 416 g/mol. The zero-order valence-electron chi connectivity index (χ0n) is 16.0. The molecular weight excluding hydrogens is 395 g/mol. The van der Waals surface area contributed by atoms with E-state index in [1.165, 1.54) is 25.4 Å². The fourth-order valence-electron chi connectivity index (χ4n) is 2.86. The molecule has 1 N–H and O–H groups in total. The quantitative estimate of drug-likeness (QED) is 0.572. The molecule has 29 heavy (non-hydrogen) atoms. The number of carbonyl (C=O) groups excluding carboxylic acids is 2. The van der Waals surface area contributed by atoms with Crippen molar-refractivity contribution in [2.45, 2.75) is 12.5 Å². The standard InChI is InChI=1S/C20H21FN4O3S/c1-28-20(27)17(9-12-29-2)23-18(26)16-13-22-25(15-7-5-14(21)6-8-15)19(16)24-10-3-4-11-24/h3-8,10-11,13,17H,9,12H2,1-2H3,(H,23,26)/t17-/m0/s1. The Hall–Kier alpha value is -3.07. The molecule has 3 rings (SSSR count). The second-order valence-corrected chi connectivity index (χ2v) is 7.18. The number of aromatic nitrogens is 3. The van der Waals surface area contributed by atoms with E-state index in [9.17, 15) is 14.0 Å². The maximum Gasteiger partial charge on any atom is 0.328 e. The molecule has 0 fully saturated rings. The number of amides is 1. The van der Waals surface area contributed by atoms with Gasteiger partial charge in [-0.2, -0.15) is 16.9 Å². The molecule has 2 heterocycles. The summed E-state index contributed by atoms with van der Waals surface area (Å²) in [7, 11) is 1.29. The molecule has 1 amide bonds. The molecule has 7 nitrogen and oxygen atoms in total. The molecule has 0 radical (unpaired) electrons. The van der Waals surface area contributed by atoms with Gasteiger partial charge in [0.1, 0.15) is 17.4 Å². The zero-order chi connectivity index (χ0) is 20.8. The van der Waals surface area contributed by atoms with E-state index in [2.05, 4.69) is 10.4 Å². The lowest BCUT2D eigenvalue weighted by atomic mass is 10.2. The molecule has 2 aromatic heterocycles. The van der Waals surface area contributed by atoms with Crippen molar-refractivity contribution < 1.29 is 18.7 Å². The lowest BCUT2D eigenvalue weighted by molar-refractivity contribution is -0.142. The summed E-state index contributed by atoms with van der Waals surface area (Å²) in [5, 5.41) is 7.06. The highest BCUT2D eigenvalue weighted by atomic mass is 32.2. The molecule has 3 aromatic rings. The minimum atomic E-state index is -0.758. The van der Waals surface area contributed by atoms with Crippen molar-refractivity contribution in [3.8, 4) is 11.5 Å². The van der Waals surface area contributed by atoms with Gasteiger partial charge in [0.2, 0.25) is 0 Å². The number of methoxy groups -OCH3 is 1. The number of ether oxygens (including phenoxy) is 1. The summed E-state index contributed by atoms with van der Waals surface area (Å²) in [5.41, 5.74) is 0.879. The minimum absolute atomic E-state index is 0.281. The maximum absolute atomic E-state index is 13.3. The van der Waals surface area contributed by atoms with Gasteiger partial charge in [-0.15, -0.1) is 0 Å². The van der Waals surface area contributed by atoms with Gasteiger partial charge in [0.15, 0.2) is 5.82 Å². The second kappa shape index (κ2) is 9.42. The Bertz CT molecular complexity index is 970. The highest BCUT2D eigenvalue weighted by molar-refractivity contribution is 7.98. The smallest absolute Gasteiger partial charge is 0.328 e. The number of benzene rings is 1. The van der Waals surface area contributed by atoms with Gasteiger partial charge < -0.3 is 14.6 Å². The first-order valence-electron chi connectivity index (χ1n) is 8.90. The van der Waals surface area contributed by atoms with Gasteiger partial charge in [-0.25, -0.2) is 13.9 Å². The fourth-order valence-corrected chi connectivity index (χ4v) is 3.33. The molecule has 1 aromatic carbocycles. The molecule has 152 valence electrons. The fraction of sp³-hybridized carbons (Fsp3) is 0.250. The van der Waals surface area contributed by atoms with E-state index < -0.39 is 17.9 Å². The number of rotatable bonds is 8. The Kier molecular flexibility index (Phi) is 6.71. The first kappa shape index (κ1) is 20.7. The van der Waals surface area contributed by atoms with Crippen molar-refractivity contribution in [2.24, 2.45) is 0 Å². The highest BCUT2D eigenvalue weighted by Crippen LogP contribution is 2.20. The monoisotopic (exact) mass is 416 g/mol. The van der Waals surface area contributed by atoms with Crippen LogP contribution in [0.2, 0.25) is 0 Å². The summed E-state index contributed by atoms with van der Waals surface area (Å²) in [6.07, 6.45) is 7.35. The molecular formula is C20H21FN4O3S. The van der Waals surface area contributed by atoms with Crippen molar-refractivity contribution in [1.82, 2.24) is 19.7 Å². The largest absolute Gasteiger partial charge is 0.467 e. The topological polar surface area (TPSA) is 78.2 Å². The molecule has 0 saturated heterocycles. The van der Waals surface area contributed by atoms with Crippen molar-refractivity contribution in [3.05, 3.63) is 66.4 Å². The first-order valence-corrected chi connectivity index (χ1v) is 10.3. The molecule has 0 aliphatic carbocycles. The SMILES string of the molecule is COC(=O)[C@H](CCSC)NC(=O)c1cnn(-c2ccc(F)cc2)c1-n1cccc1. The third-order valence-electron chi connectivity index (χ3n) is 4.31. The van der Waals surface area contributed by atoms with Gasteiger partial charge in [0.25, 0.3) is 5.91 Å². The van der Waals surface area contributed by atoms with Crippen molar-refractivity contribution in [3.63, 3.8) is 0 Å². The van der Waals surface area contributed by atoms with Crippen LogP contribution in [-0.2, 0) is 9.53 Å². The number of nitrogens with zero attached hydrogens (tertiary/aromatic N) is 3. The Labute approximate surface area is 171 Å². The van der Waals surface area contributed by atoms with Crippen molar-refractivity contribution in [2.75, 3.05) is 19.1 Å². The molecule has 0 spiro atoms. The molecule has 0 bridgehead atoms. The third-order valence-corrected chi connectivity index (χ3v) is 4.95. The van der Waals surface area contributed by atoms with E-state index in [1.54, 1.807) is 45.5 Å². The third kappa shape index (κ3) is 4.68. The summed E-state index contributed by atoms with van der Waals surface area (Å²) in [6, 6.07) is 8.68. The van der Waals surface area contributed by atoms with Crippen LogP contribution in [0.3, 0.4) is 0 Å². The van der Waals surface area contributed by atoms with E-state index in [0.29, 0.717) is 23.7 Å². The summed E-state index contributed by atoms with van der Waals surface area (Å²) >= 11 is 1.57. The van der Waals surface area contributed by atoms with E-state index in [4.69, 9.17) is 4.74 Å². The van der Waals surface area contributed by atoms with E-state index in [1.807, 2.05) is 18.4 Å². The summed E-state index contributed by atoms with van der Waals surface area (Å²) in [4.78, 5) is 25.1. The number of hydrogen-bond acceptors (Lipinski definition) is 5. The molecule has 0 aliphatic heterocycles. The highest BCUT2D eigenvalue weighted by Gasteiger charge is 2.26. The van der Waals surface area contributed by atoms with Crippen LogP contribution in [0.25, 0.3) is 11.5 Å². The van der Waals surface area contributed by atoms with E-state index in [-0.39, 0.29) is 11.4 Å². The summed E-state index contributed by atoms with van der Waals surface area (Å²) in [5.74, 6) is -0.137. The van der Waals surface area contributed by atoms with E-state index >= 15 is 0 Å². The van der Waals surface area contributed by atoms with Crippen molar-refractivity contribution >= 4 is 23.6 Å². The normalized spacial score (nSPS) is 11.8. The van der Waals surface area contributed by atoms with Crippen LogP contribution in [0.4, 0.5) is 4.39 Å². The molecule has 0 saturated carbocycles. The van der Waals surface area contributed by atoms with Crippen LogP contribution in [-0.4, -0.2) is 51.4 Å². The first-order chi connectivity index (χ1) is 14.0. The summed E-state index contributed by atoms with van der Waals surface area (Å²) in [6.45, 7) is 0. The number of nitrogens with one attached hydrogen (secondary N) is 1. The van der Waals surface area contributed by atoms with Crippen molar-refractivity contribution in [1.29, 1.82) is 0 Å². The van der Waals surface area contributed by atoms with Crippen LogP contribution in [0.1, 0.15) is 16.8 Å². The number of hydrogen-bond donors (Lipinski definition) is 1. The average Bonchev–Trinajstić information content (AvgIpc) is 3.40. The maximum atomic E-state index is 13.3. The van der Waals surface area contributed by atoms with Gasteiger partial charge in [-0.3, -0.25) is 4.79 Å². The van der Waals surface area contributed by atoms with Gasteiger partial charge in [-0.05, 0) is 54.8 Å². The van der Waals surface area contributed by atoms with E-state index in [0.717, 1.165) is 0 Å².